The number of hydrogen-bond acceptors (Lipinski definition) is 9. The molecule has 322 valence electrons. The van der Waals surface area contributed by atoms with Crippen molar-refractivity contribution in [3.8, 4) is 0 Å². The number of carboxylic acids is 1. The number of nitrogens with zero attached hydrogens (tertiary/aromatic N) is 3. The van der Waals surface area contributed by atoms with Crippen LogP contribution < -0.4 is 10.6 Å². The van der Waals surface area contributed by atoms with Crippen molar-refractivity contribution >= 4 is 35.7 Å². The minimum absolute atomic E-state index is 0.0622. The quantitative estimate of drug-likeness (QED) is 0.155. The minimum atomic E-state index is -1.15. The van der Waals surface area contributed by atoms with Gasteiger partial charge < -0.3 is 39.8 Å². The molecule has 0 spiro atoms. The summed E-state index contributed by atoms with van der Waals surface area (Å²) in [6, 6.07) is 5.07. The Morgan fingerprint density at radius 1 is 0.877 bits per heavy atom. The summed E-state index contributed by atoms with van der Waals surface area (Å²) in [6.07, 6.45) is -0.0960. The number of nitrogens with one attached hydrogen (secondary N) is 2. The second-order valence-corrected chi connectivity index (χ2v) is 15.9. The van der Waals surface area contributed by atoms with Crippen molar-refractivity contribution in [2.24, 2.45) is 23.7 Å². The van der Waals surface area contributed by atoms with Gasteiger partial charge in [0.05, 0.1) is 43.2 Å². The van der Waals surface area contributed by atoms with Crippen LogP contribution in [0.15, 0.2) is 30.3 Å². The Morgan fingerprint density at radius 3 is 2.02 bits per heavy atom. The van der Waals surface area contributed by atoms with Gasteiger partial charge in [-0.2, -0.15) is 0 Å². The van der Waals surface area contributed by atoms with E-state index < -0.39 is 72.2 Å². The maximum absolute atomic E-state index is 14.3. The highest BCUT2D eigenvalue weighted by molar-refractivity contribution is 5.92. The lowest BCUT2D eigenvalue weighted by molar-refractivity contribution is -0.148. The summed E-state index contributed by atoms with van der Waals surface area (Å²) in [5.74, 6) is -4.19. The molecule has 0 aromatic heterocycles. The molecule has 1 fully saturated rings. The van der Waals surface area contributed by atoms with Gasteiger partial charge in [-0.1, -0.05) is 85.2 Å². The average Bonchev–Trinajstić information content (AvgIpc) is 3.66. The number of likely N-dealkylation sites (tertiary alicyclic amines) is 1. The number of likely N-dealkylation sites (N-methyl/N-ethyl adjacent to an activating group) is 2. The van der Waals surface area contributed by atoms with Gasteiger partial charge in [0.1, 0.15) is 18.1 Å². The van der Waals surface area contributed by atoms with E-state index in [1.54, 1.807) is 42.8 Å². The normalized spacial score (nSPS) is 18.4. The third-order valence-corrected chi connectivity index (χ3v) is 11.3. The molecule has 0 aliphatic carbocycles. The van der Waals surface area contributed by atoms with Crippen LogP contribution >= 0.6 is 0 Å². The van der Waals surface area contributed by atoms with Crippen LogP contribution in [0, 0.1) is 23.7 Å². The van der Waals surface area contributed by atoms with Crippen LogP contribution in [-0.2, 0) is 44.6 Å². The fourth-order valence-electron chi connectivity index (χ4n) is 7.90. The molecule has 1 heterocycles. The lowest BCUT2D eigenvalue weighted by atomic mass is 9.89. The lowest BCUT2D eigenvalue weighted by Crippen LogP contribution is -2.60. The molecule has 57 heavy (non-hydrogen) atoms. The highest BCUT2D eigenvalue weighted by atomic mass is 16.6. The molecule has 2 rings (SSSR count). The van der Waals surface area contributed by atoms with E-state index in [4.69, 9.17) is 14.2 Å². The van der Waals surface area contributed by atoms with Gasteiger partial charge in [0.25, 0.3) is 0 Å². The molecule has 1 aliphatic heterocycles. The van der Waals surface area contributed by atoms with Crippen LogP contribution in [0.1, 0.15) is 86.6 Å². The third-order valence-electron chi connectivity index (χ3n) is 11.3. The Morgan fingerprint density at radius 2 is 1.51 bits per heavy atom. The number of aliphatic carboxylic acids is 1. The smallest absolute Gasteiger partial charge is 0.410 e. The maximum atomic E-state index is 14.3. The van der Waals surface area contributed by atoms with Crippen LogP contribution in [0.25, 0.3) is 0 Å². The molecule has 1 aliphatic rings. The number of amides is 5. The van der Waals surface area contributed by atoms with Gasteiger partial charge in [-0.05, 0) is 43.1 Å². The van der Waals surface area contributed by atoms with Crippen molar-refractivity contribution in [2.45, 2.75) is 130 Å². The largest absolute Gasteiger partial charge is 0.480 e. The van der Waals surface area contributed by atoms with Gasteiger partial charge in [-0.15, -0.1) is 0 Å². The molecule has 3 N–H and O–H groups in total. The third kappa shape index (κ3) is 13.1. The fraction of sp³-hybridized carbons (Fsp3) is 0.714. The number of carbonyl (C=O) groups is 6. The Balaban J connectivity index is 2.29. The zero-order chi connectivity index (χ0) is 43.1. The summed E-state index contributed by atoms with van der Waals surface area (Å²) >= 11 is 0. The first-order valence-electron chi connectivity index (χ1n) is 20.2. The van der Waals surface area contributed by atoms with Crippen molar-refractivity contribution in [2.75, 3.05) is 41.5 Å². The van der Waals surface area contributed by atoms with Crippen LogP contribution in [-0.4, -0.2) is 139 Å². The molecule has 1 saturated heterocycles. The van der Waals surface area contributed by atoms with Gasteiger partial charge in [-0.25, -0.2) is 9.59 Å². The number of methoxy groups -OCH3 is 2. The maximum Gasteiger partial charge on any atom is 0.410 e. The zero-order valence-corrected chi connectivity index (χ0v) is 36.2. The molecular weight excluding hydrogens is 734 g/mol. The number of benzene rings is 1. The molecule has 5 amide bonds. The van der Waals surface area contributed by atoms with Crippen LogP contribution in [0.3, 0.4) is 0 Å². The van der Waals surface area contributed by atoms with Crippen LogP contribution in [0.4, 0.5) is 4.79 Å². The molecule has 0 saturated carbocycles. The molecule has 9 atom stereocenters. The topological polar surface area (TPSA) is 184 Å². The summed E-state index contributed by atoms with van der Waals surface area (Å²) in [4.78, 5) is 85.0. The fourth-order valence-corrected chi connectivity index (χ4v) is 7.90. The monoisotopic (exact) mass is 804 g/mol. The molecule has 0 radical (unpaired) electrons. The number of rotatable bonds is 22. The first-order valence-corrected chi connectivity index (χ1v) is 20.2. The summed E-state index contributed by atoms with van der Waals surface area (Å²) in [6.45, 7) is 15.2. The van der Waals surface area contributed by atoms with Gasteiger partial charge >= 0.3 is 12.1 Å². The van der Waals surface area contributed by atoms with Crippen molar-refractivity contribution in [3.05, 3.63) is 35.9 Å². The Hall–Kier alpha value is -4.24. The number of carbonyl (C=O) groups excluding carboxylic acids is 5. The van der Waals surface area contributed by atoms with Gasteiger partial charge in [-0.3, -0.25) is 24.1 Å². The summed E-state index contributed by atoms with van der Waals surface area (Å²) in [5.41, 5.74) is 0.771. The van der Waals surface area contributed by atoms with Crippen molar-refractivity contribution in [1.82, 2.24) is 25.3 Å². The van der Waals surface area contributed by atoms with Crippen LogP contribution in [0.5, 0.6) is 0 Å². The molecule has 15 heteroatoms. The number of hydrogen-bond donors (Lipinski definition) is 3. The first kappa shape index (κ1) is 48.9. The summed E-state index contributed by atoms with van der Waals surface area (Å²) in [5, 5.41) is 15.5. The SMILES string of the molecule is CCOC(=O)N(C)[C@H](C(=O)N[C@H](C(=O)N(C)[C@@H]([C@@H](C)CC)[C@@H](CC(=O)N1CCC[C@H]1[C@H](OC)[C@@H](C)C(=O)N[C@@H](Cc1ccccc1)C(=O)O)OC)C(C)C)C(C)C. The lowest BCUT2D eigenvalue weighted by Gasteiger charge is -2.41. The standard InChI is InChI=1S/C42H69N5O10/c1-13-27(7)36(45(9)40(51)34(25(3)4)44-39(50)35(26(5)6)46(10)42(54)57-14-2)32(55-11)24-33(48)47-22-18-21-31(47)37(56-12)28(8)38(49)43-30(41(52)53)23-29-19-16-15-17-20-29/h15-17,19-20,25-28,30-32,34-37H,13-14,18,21-24H2,1-12H3,(H,43,49)(H,44,50)(H,52,53)/t27-,28+,30-,31-,32+,34-,35-,36-,37+/m0/s1. The molecule has 0 unspecified atom stereocenters. The summed E-state index contributed by atoms with van der Waals surface area (Å²) < 4.78 is 17.0. The van der Waals surface area contributed by atoms with E-state index in [1.807, 2.05) is 59.7 Å². The highest BCUT2D eigenvalue weighted by Gasteiger charge is 2.43. The second-order valence-electron chi connectivity index (χ2n) is 15.9. The van der Waals surface area contributed by atoms with Gasteiger partial charge in [0.2, 0.25) is 23.6 Å². The molecule has 15 nitrogen and oxygen atoms in total. The molecular formula is C42H69N5O10. The van der Waals surface area contributed by atoms with E-state index in [9.17, 15) is 33.9 Å². The number of carboxylic acid groups (broad SMARTS) is 1. The summed E-state index contributed by atoms with van der Waals surface area (Å²) in [7, 11) is 6.14. The Labute approximate surface area is 339 Å². The van der Waals surface area contributed by atoms with E-state index in [1.165, 1.54) is 26.2 Å². The Bertz CT molecular complexity index is 1480. The second kappa shape index (κ2) is 23.2. The van der Waals surface area contributed by atoms with E-state index >= 15 is 0 Å². The molecule has 1 aromatic rings. The number of ether oxygens (including phenoxy) is 3. The van der Waals surface area contributed by atoms with E-state index in [-0.39, 0.29) is 49.0 Å². The highest BCUT2D eigenvalue weighted by Crippen LogP contribution is 2.30. The zero-order valence-electron chi connectivity index (χ0n) is 36.2. The van der Waals surface area contributed by atoms with E-state index in [2.05, 4.69) is 10.6 Å². The molecule has 1 aromatic carbocycles. The van der Waals surface area contributed by atoms with E-state index in [0.717, 1.165) is 5.56 Å². The van der Waals surface area contributed by atoms with Crippen LogP contribution in [0.2, 0.25) is 0 Å². The average molecular weight is 804 g/mol. The molecule has 0 bridgehead atoms. The predicted octanol–water partition coefficient (Wildman–Crippen LogP) is 3.97. The van der Waals surface area contributed by atoms with Crippen molar-refractivity contribution in [3.63, 3.8) is 0 Å². The van der Waals surface area contributed by atoms with Crippen molar-refractivity contribution in [1.29, 1.82) is 0 Å². The van der Waals surface area contributed by atoms with Gasteiger partial charge in [0, 0.05) is 41.3 Å². The predicted molar refractivity (Wildman–Crippen MR) is 216 cm³/mol. The Kier molecular flexibility index (Phi) is 19.9. The first-order chi connectivity index (χ1) is 26.9. The minimum Gasteiger partial charge on any atom is -0.480 e. The van der Waals surface area contributed by atoms with Gasteiger partial charge in [0.15, 0.2) is 0 Å². The van der Waals surface area contributed by atoms with Crippen molar-refractivity contribution < 1.29 is 48.1 Å². The van der Waals surface area contributed by atoms with E-state index in [0.29, 0.717) is 25.8 Å².